The van der Waals surface area contributed by atoms with Gasteiger partial charge in [0, 0.05) is 29.9 Å². The number of nitrogens with zero attached hydrogens (tertiary/aromatic N) is 2. The van der Waals surface area contributed by atoms with Crippen molar-refractivity contribution in [1.29, 1.82) is 0 Å². The Morgan fingerprint density at radius 3 is 2.33 bits per heavy atom. The van der Waals surface area contributed by atoms with Crippen LogP contribution >= 0.6 is 11.8 Å². The summed E-state index contributed by atoms with van der Waals surface area (Å²) in [5.41, 5.74) is 2.00. The highest BCUT2D eigenvalue weighted by Gasteiger charge is 2.29. The van der Waals surface area contributed by atoms with Crippen molar-refractivity contribution < 1.29 is 24.5 Å². The van der Waals surface area contributed by atoms with Gasteiger partial charge in [-0.2, -0.15) is 0 Å². The van der Waals surface area contributed by atoms with Crippen molar-refractivity contribution in [3.63, 3.8) is 0 Å². The highest BCUT2D eigenvalue weighted by molar-refractivity contribution is 7.99. The molecule has 8 nitrogen and oxygen atoms in total. The number of nitrogens with one attached hydrogen (secondary N) is 1. The lowest BCUT2D eigenvalue weighted by atomic mass is 9.94. The summed E-state index contributed by atoms with van der Waals surface area (Å²) in [6.07, 6.45) is 3.97. The molecule has 2 aliphatic heterocycles. The minimum atomic E-state index is -3.32. The van der Waals surface area contributed by atoms with E-state index < -0.39 is 21.8 Å². The van der Waals surface area contributed by atoms with E-state index in [4.69, 9.17) is 0 Å². The molecule has 0 saturated carbocycles. The number of benzene rings is 2. The summed E-state index contributed by atoms with van der Waals surface area (Å²) in [5, 5.41) is 12.2. The van der Waals surface area contributed by atoms with Gasteiger partial charge in [0.25, 0.3) is 0 Å². The fraction of sp³-hybridized carbons (Fsp3) is 0.533. The molecule has 1 saturated heterocycles. The number of carboxylic acids is 1. The van der Waals surface area contributed by atoms with E-state index in [2.05, 4.69) is 27.2 Å². The van der Waals surface area contributed by atoms with Gasteiger partial charge in [0.15, 0.2) is 9.84 Å². The molecule has 0 aromatic heterocycles. The fourth-order valence-electron chi connectivity index (χ4n) is 5.13. The Morgan fingerprint density at radius 2 is 1.70 bits per heavy atom. The number of amides is 1. The lowest BCUT2D eigenvalue weighted by Crippen LogP contribution is -2.47. The summed E-state index contributed by atoms with van der Waals surface area (Å²) in [6.45, 7) is 11.1. The molecule has 1 unspecified atom stereocenters. The van der Waals surface area contributed by atoms with Crippen LogP contribution in [0.4, 0.5) is 11.4 Å². The maximum absolute atomic E-state index is 12.7. The Morgan fingerprint density at radius 1 is 1.05 bits per heavy atom. The summed E-state index contributed by atoms with van der Waals surface area (Å²) >= 11 is 1.66. The highest BCUT2D eigenvalue weighted by atomic mass is 32.2. The molecule has 10 heteroatoms. The molecule has 222 valence electrons. The van der Waals surface area contributed by atoms with Crippen LogP contribution in [-0.2, 0) is 19.4 Å². The molecule has 0 aliphatic carbocycles. The maximum Gasteiger partial charge on any atom is 0.326 e. The number of likely N-dealkylation sites (tertiary alicyclic amines) is 1. The predicted molar refractivity (Wildman–Crippen MR) is 163 cm³/mol. The van der Waals surface area contributed by atoms with Gasteiger partial charge in [-0.1, -0.05) is 51.6 Å². The molecule has 0 bridgehead atoms. The fourth-order valence-corrected chi connectivity index (χ4v) is 6.85. The van der Waals surface area contributed by atoms with Crippen LogP contribution in [0.5, 0.6) is 0 Å². The van der Waals surface area contributed by atoms with Gasteiger partial charge in [0.1, 0.15) is 6.04 Å². The van der Waals surface area contributed by atoms with Gasteiger partial charge in [-0.25, -0.2) is 13.2 Å². The molecule has 2 heterocycles. The summed E-state index contributed by atoms with van der Waals surface area (Å²) in [5.74, 6) is -1.10. The van der Waals surface area contributed by atoms with Gasteiger partial charge in [0.05, 0.1) is 16.3 Å². The number of rotatable bonds is 10. The van der Waals surface area contributed by atoms with Crippen LogP contribution in [0.3, 0.4) is 0 Å². The zero-order valence-electron chi connectivity index (χ0n) is 24.2. The van der Waals surface area contributed by atoms with Crippen molar-refractivity contribution in [2.45, 2.75) is 74.1 Å². The van der Waals surface area contributed by atoms with E-state index in [1.165, 1.54) is 6.26 Å². The van der Waals surface area contributed by atoms with E-state index in [1.807, 2.05) is 45.9 Å². The maximum atomic E-state index is 12.7. The van der Waals surface area contributed by atoms with Gasteiger partial charge in [-0.3, -0.25) is 4.79 Å². The van der Waals surface area contributed by atoms with Crippen LogP contribution in [0.25, 0.3) is 0 Å². The van der Waals surface area contributed by atoms with Crippen LogP contribution in [0.2, 0.25) is 0 Å². The van der Waals surface area contributed by atoms with E-state index in [1.54, 1.807) is 23.9 Å². The third-order valence-electron chi connectivity index (χ3n) is 7.16. The van der Waals surface area contributed by atoms with E-state index >= 15 is 0 Å². The molecule has 2 N–H and O–H groups in total. The third kappa shape index (κ3) is 8.24. The number of carboxylic acid groups (broad SMARTS) is 1. The Bertz CT molecular complexity index is 1280. The number of hydrogen-bond donors (Lipinski definition) is 2. The van der Waals surface area contributed by atoms with Crippen molar-refractivity contribution in [3.05, 3.63) is 42.5 Å². The second-order valence-electron chi connectivity index (χ2n) is 10.6. The number of piperidine rings is 1. The SMILES string of the molecule is CC.CC(C)CC(NC(=O)C1CCN(CCCN2c3ccccc3Sc3ccc(S(C)(=O)=O)cc32)CC1)C(=O)O.[HH]. The predicted octanol–water partition coefficient (Wildman–Crippen LogP) is 5.68. The minimum Gasteiger partial charge on any atom is -0.480 e. The number of carbonyl (C=O) groups is 2. The summed E-state index contributed by atoms with van der Waals surface area (Å²) < 4.78 is 24.4. The van der Waals surface area contributed by atoms with E-state index in [0.717, 1.165) is 53.8 Å². The van der Waals surface area contributed by atoms with Crippen LogP contribution in [-0.4, -0.2) is 68.8 Å². The van der Waals surface area contributed by atoms with Crippen LogP contribution < -0.4 is 10.2 Å². The molecule has 40 heavy (non-hydrogen) atoms. The number of hydrogen-bond acceptors (Lipinski definition) is 7. The molecule has 1 fully saturated rings. The smallest absolute Gasteiger partial charge is 0.326 e. The number of aliphatic carboxylic acids is 1. The van der Waals surface area contributed by atoms with Gasteiger partial charge < -0.3 is 20.2 Å². The van der Waals surface area contributed by atoms with Gasteiger partial charge >= 0.3 is 5.97 Å². The number of sulfone groups is 1. The standard InChI is InChI=1S/C28H37N3O5S2.C2H6.H2/c1-19(2)17-22(28(33)34)29-27(32)20-11-15-30(16-12-20)13-6-14-31-23-7-4-5-8-25(23)37-26-10-9-21(18-24(26)31)38(3,35)36;1-2;/h4-5,7-10,18-20,22H,6,11-17H2,1-3H3,(H,29,32)(H,33,34);1-2H3;1H. The number of fused-ring (bicyclic) bond motifs is 2. The Kier molecular flexibility index (Phi) is 11.5. The largest absolute Gasteiger partial charge is 0.480 e. The first-order valence-electron chi connectivity index (χ1n) is 14.2. The Labute approximate surface area is 244 Å². The third-order valence-corrected chi connectivity index (χ3v) is 9.40. The molecule has 1 amide bonds. The Balaban J connectivity index is 0.00000192. The van der Waals surface area contributed by atoms with Gasteiger partial charge in [-0.15, -0.1) is 0 Å². The summed E-state index contributed by atoms with van der Waals surface area (Å²) in [6, 6.07) is 12.7. The van der Waals surface area contributed by atoms with Crippen molar-refractivity contribution >= 4 is 44.9 Å². The van der Waals surface area contributed by atoms with Gasteiger partial charge in [-0.05, 0) is 81.6 Å². The molecular weight excluding hydrogens is 546 g/mol. The van der Waals surface area contributed by atoms with E-state index in [9.17, 15) is 23.1 Å². The molecule has 2 aromatic rings. The second kappa shape index (κ2) is 14.4. The summed E-state index contributed by atoms with van der Waals surface area (Å²) in [4.78, 5) is 31.3. The van der Waals surface area contributed by atoms with Crippen LogP contribution in [0.15, 0.2) is 57.2 Å². The van der Waals surface area contributed by atoms with E-state index in [0.29, 0.717) is 24.2 Å². The molecule has 4 rings (SSSR count). The molecule has 2 aliphatic rings. The number of carbonyl (C=O) groups excluding carboxylic acids is 1. The van der Waals surface area contributed by atoms with Crippen molar-refractivity contribution in [2.24, 2.45) is 11.8 Å². The van der Waals surface area contributed by atoms with Crippen LogP contribution in [0, 0.1) is 11.8 Å². The van der Waals surface area contributed by atoms with Crippen LogP contribution in [0.1, 0.15) is 54.8 Å². The number of anilines is 2. The lowest BCUT2D eigenvalue weighted by Gasteiger charge is -2.35. The molecule has 2 aromatic carbocycles. The molecule has 1 atom stereocenters. The molecule has 0 radical (unpaired) electrons. The first-order chi connectivity index (χ1) is 19.0. The zero-order chi connectivity index (χ0) is 29.4. The average molecular weight is 592 g/mol. The molecular formula is C30H45N3O5S2. The normalized spacial score (nSPS) is 16.4. The van der Waals surface area contributed by atoms with Crippen molar-refractivity contribution in [1.82, 2.24) is 10.2 Å². The zero-order valence-corrected chi connectivity index (χ0v) is 25.9. The first kappa shape index (κ1) is 32.0. The summed E-state index contributed by atoms with van der Waals surface area (Å²) in [7, 11) is -3.32. The highest BCUT2D eigenvalue weighted by Crippen LogP contribution is 2.48. The van der Waals surface area contributed by atoms with Crippen molar-refractivity contribution in [3.8, 4) is 0 Å². The first-order valence-corrected chi connectivity index (χ1v) is 16.9. The Hall–Kier alpha value is -2.56. The second-order valence-corrected chi connectivity index (χ2v) is 13.7. The van der Waals surface area contributed by atoms with Crippen molar-refractivity contribution in [2.75, 3.05) is 37.3 Å². The van der Waals surface area contributed by atoms with E-state index in [-0.39, 0.29) is 19.2 Å². The lowest BCUT2D eigenvalue weighted by molar-refractivity contribution is -0.143. The molecule has 0 spiro atoms. The average Bonchev–Trinajstić information content (AvgIpc) is 2.92. The van der Waals surface area contributed by atoms with Gasteiger partial charge in [0.2, 0.25) is 5.91 Å². The number of para-hydroxylation sites is 1. The minimum absolute atomic E-state index is 0. The topological polar surface area (TPSA) is 107 Å². The quantitative estimate of drug-likeness (QED) is 0.363. The monoisotopic (exact) mass is 591 g/mol.